The largest absolute Gasteiger partial charge is 0.456 e. The Morgan fingerprint density at radius 1 is 0.939 bits per heavy atom. The number of aliphatic hydroxyl groups excluding tert-OH is 2. The van der Waals surface area contributed by atoms with Gasteiger partial charge in [0.05, 0.1) is 24.9 Å². The summed E-state index contributed by atoms with van der Waals surface area (Å²) in [4.78, 5) is 28.2. The second-order valence-electron chi connectivity index (χ2n) is 13.9. The molecule has 2 fully saturated rings. The van der Waals surface area contributed by atoms with Crippen LogP contribution in [0.5, 0.6) is 0 Å². The van der Waals surface area contributed by atoms with Crippen LogP contribution in [0.3, 0.4) is 0 Å². The SMILES string of the molecule is CC[C@H]1OC(=O)/C=C/C[C@@H](OC2OC(C)CC(N(C)C)C2O)[C@@H](C)C[C@@H](C)C(=O)/C=C/C=C/[C@]1(O)COC1OC(C)C(O)C(OC)C1OC. The number of hydrogen-bond acceptors (Lipinski definition) is 13. The van der Waals surface area contributed by atoms with Crippen LogP contribution in [0.4, 0.5) is 0 Å². The molecule has 14 atom stereocenters. The molecule has 3 aliphatic rings. The fourth-order valence-corrected chi connectivity index (χ4v) is 6.73. The van der Waals surface area contributed by atoms with Crippen LogP contribution in [0.25, 0.3) is 0 Å². The van der Waals surface area contributed by atoms with Crippen LogP contribution in [-0.4, -0.2) is 140 Å². The van der Waals surface area contributed by atoms with Crippen LogP contribution in [-0.2, 0) is 42.7 Å². The van der Waals surface area contributed by atoms with Crippen LogP contribution >= 0.6 is 0 Å². The Morgan fingerprint density at radius 3 is 2.27 bits per heavy atom. The van der Waals surface area contributed by atoms with Gasteiger partial charge in [-0.3, -0.25) is 4.79 Å². The predicted octanol–water partition coefficient (Wildman–Crippen LogP) is 2.31. The van der Waals surface area contributed by atoms with Crippen molar-refractivity contribution in [2.45, 2.75) is 133 Å². The van der Waals surface area contributed by atoms with Gasteiger partial charge < -0.3 is 53.4 Å². The fourth-order valence-electron chi connectivity index (χ4n) is 6.73. The van der Waals surface area contributed by atoms with Crippen LogP contribution in [0, 0.1) is 11.8 Å². The van der Waals surface area contributed by atoms with Gasteiger partial charge in [0.15, 0.2) is 18.4 Å². The third kappa shape index (κ3) is 11.0. The molecule has 0 aromatic rings. The fraction of sp³-hybridized carbons (Fsp3) is 0.778. The number of rotatable bonds is 9. The highest BCUT2D eigenvalue weighted by molar-refractivity contribution is 5.91. The third-order valence-electron chi connectivity index (χ3n) is 9.78. The first-order valence-corrected chi connectivity index (χ1v) is 17.3. The van der Waals surface area contributed by atoms with Crippen molar-refractivity contribution < 1.29 is 58.1 Å². The average Bonchev–Trinajstić information content (AvgIpc) is 3.05. The number of ether oxygens (including phenoxy) is 7. The maximum absolute atomic E-state index is 13.1. The zero-order chi connectivity index (χ0) is 36.5. The van der Waals surface area contributed by atoms with E-state index >= 15 is 0 Å². The molecule has 0 aliphatic carbocycles. The molecule has 2 saturated heterocycles. The molecule has 0 aromatic carbocycles. The van der Waals surface area contributed by atoms with Crippen LogP contribution < -0.4 is 0 Å². The molecule has 13 heteroatoms. The summed E-state index contributed by atoms with van der Waals surface area (Å²) in [5, 5.41) is 33.5. The number of methoxy groups -OCH3 is 2. The molecule has 49 heavy (non-hydrogen) atoms. The number of allylic oxidation sites excluding steroid dienone is 3. The lowest BCUT2D eigenvalue weighted by Crippen LogP contribution is -2.59. The second-order valence-corrected chi connectivity index (χ2v) is 13.9. The van der Waals surface area contributed by atoms with E-state index in [9.17, 15) is 24.9 Å². The van der Waals surface area contributed by atoms with Gasteiger partial charge in [-0.2, -0.15) is 0 Å². The van der Waals surface area contributed by atoms with E-state index in [2.05, 4.69) is 0 Å². The molecule has 3 N–H and O–H groups in total. The number of esters is 1. The normalized spacial score (nSPS) is 43.6. The Labute approximate surface area is 291 Å². The minimum absolute atomic E-state index is 0.108. The molecule has 0 aromatic heterocycles. The number of ketones is 1. The van der Waals surface area contributed by atoms with Crippen LogP contribution in [0.2, 0.25) is 0 Å². The molecule has 280 valence electrons. The summed E-state index contributed by atoms with van der Waals surface area (Å²) in [7, 11) is 6.70. The predicted molar refractivity (Wildman–Crippen MR) is 180 cm³/mol. The molecular weight excluding hydrogens is 638 g/mol. The summed E-state index contributed by atoms with van der Waals surface area (Å²) in [5.41, 5.74) is -1.84. The summed E-state index contributed by atoms with van der Waals surface area (Å²) in [6.07, 6.45) is 2.86. The highest BCUT2D eigenvalue weighted by Crippen LogP contribution is 2.31. The standard InChI is InChI=1S/C36H59NO12/c1-10-28-36(42,20-45-35-33(44-9)32(43-8)30(40)24(5)47-35)17-12-11-14-26(38)21(2)18-22(3)27(15-13-16-29(39)49-28)48-34-31(41)25(37(6)7)19-23(4)46-34/h11-14,16-17,21-25,27-28,30-35,40-42H,10,15,18-20H2,1-9H3/b14-11+,16-13+,17-12+/t21-,22+,23?,24?,25?,27-,28-,30?,31?,32?,33?,34?,35?,36+/m1/s1. The summed E-state index contributed by atoms with van der Waals surface area (Å²) in [6.45, 7) is 8.82. The quantitative estimate of drug-likeness (QED) is 0.301. The maximum Gasteiger partial charge on any atom is 0.330 e. The number of cyclic esters (lactones) is 1. The van der Waals surface area contributed by atoms with Crippen molar-refractivity contribution in [2.75, 3.05) is 34.9 Å². The molecule has 9 unspecified atom stereocenters. The van der Waals surface area contributed by atoms with Gasteiger partial charge in [-0.25, -0.2) is 4.79 Å². The molecule has 3 aliphatic heterocycles. The van der Waals surface area contributed by atoms with Crippen molar-refractivity contribution >= 4 is 11.8 Å². The lowest BCUT2D eigenvalue weighted by atomic mass is 9.88. The smallest absolute Gasteiger partial charge is 0.330 e. The zero-order valence-corrected chi connectivity index (χ0v) is 30.5. The number of aliphatic hydroxyl groups is 3. The first kappa shape index (κ1) is 41.4. The Balaban J connectivity index is 1.86. The van der Waals surface area contributed by atoms with Crippen LogP contribution in [0.1, 0.15) is 60.3 Å². The average molecular weight is 698 g/mol. The number of nitrogens with zero attached hydrogens (tertiary/aromatic N) is 1. The minimum Gasteiger partial charge on any atom is -0.456 e. The topological polar surface area (TPSA) is 163 Å². The van der Waals surface area contributed by atoms with Gasteiger partial charge in [-0.05, 0) is 71.7 Å². The first-order chi connectivity index (χ1) is 23.1. The molecule has 0 bridgehead atoms. The molecule has 0 amide bonds. The Hall–Kier alpha value is -2.04. The van der Waals surface area contributed by atoms with Crippen molar-refractivity contribution in [3.63, 3.8) is 0 Å². The molecule has 3 rings (SSSR count). The van der Waals surface area contributed by atoms with Gasteiger partial charge >= 0.3 is 5.97 Å². The van der Waals surface area contributed by atoms with Crippen molar-refractivity contribution in [3.8, 4) is 0 Å². The lowest BCUT2D eigenvalue weighted by Gasteiger charge is -2.43. The van der Waals surface area contributed by atoms with Gasteiger partial charge in [0.1, 0.15) is 36.1 Å². The zero-order valence-electron chi connectivity index (χ0n) is 30.5. The lowest BCUT2D eigenvalue weighted by molar-refractivity contribution is -0.310. The molecule has 13 nitrogen and oxygen atoms in total. The van der Waals surface area contributed by atoms with Crippen molar-refractivity contribution in [1.29, 1.82) is 0 Å². The molecular formula is C36H59NO12. The summed E-state index contributed by atoms with van der Waals surface area (Å²) in [5.74, 6) is -1.27. The Bertz CT molecular complexity index is 1150. The monoisotopic (exact) mass is 697 g/mol. The highest BCUT2D eigenvalue weighted by Gasteiger charge is 2.47. The number of likely N-dealkylation sites (N-methyl/N-ethyl adjacent to an activating group) is 1. The molecule has 0 spiro atoms. The van der Waals surface area contributed by atoms with E-state index < -0.39 is 66.9 Å². The molecule has 0 radical (unpaired) electrons. The van der Waals surface area contributed by atoms with Crippen molar-refractivity contribution in [1.82, 2.24) is 4.90 Å². The summed E-state index contributed by atoms with van der Waals surface area (Å²) < 4.78 is 41.1. The van der Waals surface area contributed by atoms with E-state index in [-0.39, 0.29) is 49.2 Å². The maximum atomic E-state index is 13.1. The van der Waals surface area contributed by atoms with E-state index in [1.165, 1.54) is 44.6 Å². The first-order valence-electron chi connectivity index (χ1n) is 17.3. The van der Waals surface area contributed by atoms with Gasteiger partial charge in [0.25, 0.3) is 0 Å². The van der Waals surface area contributed by atoms with Gasteiger partial charge in [0, 0.05) is 32.3 Å². The van der Waals surface area contributed by atoms with Gasteiger partial charge in [-0.15, -0.1) is 0 Å². The van der Waals surface area contributed by atoms with E-state index in [0.29, 0.717) is 12.8 Å². The highest BCUT2D eigenvalue weighted by atomic mass is 16.7. The third-order valence-corrected chi connectivity index (χ3v) is 9.78. The van der Waals surface area contributed by atoms with E-state index in [0.717, 1.165) is 0 Å². The molecule has 0 saturated carbocycles. The van der Waals surface area contributed by atoms with Gasteiger partial charge in [0.2, 0.25) is 0 Å². The van der Waals surface area contributed by atoms with E-state index in [1.54, 1.807) is 19.9 Å². The Kier molecular flexibility index (Phi) is 16.0. The van der Waals surface area contributed by atoms with E-state index in [4.69, 9.17) is 33.2 Å². The van der Waals surface area contributed by atoms with E-state index in [1.807, 2.05) is 39.8 Å². The minimum atomic E-state index is -1.84. The summed E-state index contributed by atoms with van der Waals surface area (Å²) >= 11 is 0. The number of carbonyl (C=O) groups is 2. The molecule has 3 heterocycles. The Morgan fingerprint density at radius 2 is 1.63 bits per heavy atom. The van der Waals surface area contributed by atoms with Crippen molar-refractivity contribution in [2.24, 2.45) is 11.8 Å². The van der Waals surface area contributed by atoms with Crippen LogP contribution in [0.15, 0.2) is 36.5 Å². The van der Waals surface area contributed by atoms with Gasteiger partial charge in [-0.1, -0.05) is 39.0 Å². The second kappa shape index (κ2) is 19.0. The number of carbonyl (C=O) groups excluding carboxylic acids is 2. The summed E-state index contributed by atoms with van der Waals surface area (Å²) in [6, 6.07) is -0.158. The van der Waals surface area contributed by atoms with Crippen molar-refractivity contribution in [3.05, 3.63) is 36.5 Å². The number of hydrogen-bond donors (Lipinski definition) is 3.